The number of carboxylic acid groups (broad SMARTS) is 1. The first-order valence-electron chi connectivity index (χ1n) is 5.07. The number of aryl methyl sites for hydroxylation is 1. The van der Waals surface area contributed by atoms with E-state index in [4.69, 9.17) is 9.84 Å². The number of ether oxygens (including phenoxy) is 1. The maximum atomic E-state index is 10.5. The van der Waals surface area contributed by atoms with Crippen molar-refractivity contribution in [2.45, 2.75) is 31.5 Å². The van der Waals surface area contributed by atoms with Gasteiger partial charge in [0.15, 0.2) is 0 Å². The van der Waals surface area contributed by atoms with Crippen molar-refractivity contribution < 1.29 is 14.6 Å². The van der Waals surface area contributed by atoms with Crippen LogP contribution < -0.4 is 0 Å². The second-order valence-electron chi connectivity index (χ2n) is 3.31. The highest BCUT2D eigenvalue weighted by molar-refractivity contribution is 7.99. The Labute approximate surface area is 98.8 Å². The van der Waals surface area contributed by atoms with Gasteiger partial charge in [-0.2, -0.15) is 5.10 Å². The largest absolute Gasteiger partial charge is 0.481 e. The fourth-order valence-electron chi connectivity index (χ4n) is 1.29. The molecule has 0 bridgehead atoms. The monoisotopic (exact) mass is 244 g/mol. The molecule has 0 aliphatic rings. The predicted octanol–water partition coefficient (Wildman–Crippen LogP) is 1.62. The summed E-state index contributed by atoms with van der Waals surface area (Å²) in [6, 6.07) is 1.88. The standard InChI is InChI=1S/C10H16N2O3S/c1-3-4-12-9(16-7-10(13)14)5-8(11-12)6-15-2/h5H,3-4,6-7H2,1-2H3,(H,13,14). The third-order valence-corrected chi connectivity index (χ3v) is 2.88. The molecular formula is C10H16N2O3S. The average molecular weight is 244 g/mol. The summed E-state index contributed by atoms with van der Waals surface area (Å²) in [5.74, 6) is -0.760. The van der Waals surface area contributed by atoms with Crippen LogP contribution >= 0.6 is 11.8 Å². The van der Waals surface area contributed by atoms with Crippen molar-refractivity contribution >= 4 is 17.7 Å². The lowest BCUT2D eigenvalue weighted by Gasteiger charge is -2.03. The van der Waals surface area contributed by atoms with Gasteiger partial charge in [0.2, 0.25) is 0 Å². The Kier molecular flexibility index (Phi) is 5.34. The maximum Gasteiger partial charge on any atom is 0.313 e. The van der Waals surface area contributed by atoms with E-state index in [0.29, 0.717) is 6.61 Å². The van der Waals surface area contributed by atoms with E-state index in [2.05, 4.69) is 12.0 Å². The van der Waals surface area contributed by atoms with E-state index in [1.165, 1.54) is 11.8 Å². The SMILES string of the molecule is CCCn1nc(COC)cc1SCC(=O)O. The first-order chi connectivity index (χ1) is 7.67. The van der Waals surface area contributed by atoms with E-state index in [1.807, 2.05) is 10.7 Å². The average Bonchev–Trinajstić information content (AvgIpc) is 2.59. The number of nitrogens with zero attached hydrogens (tertiary/aromatic N) is 2. The molecule has 0 aromatic carbocycles. The zero-order chi connectivity index (χ0) is 12.0. The zero-order valence-corrected chi connectivity index (χ0v) is 10.3. The summed E-state index contributed by atoms with van der Waals surface area (Å²) in [6.45, 7) is 3.31. The van der Waals surface area contributed by atoms with Crippen LogP contribution in [0.1, 0.15) is 19.0 Å². The Morgan fingerprint density at radius 2 is 2.44 bits per heavy atom. The van der Waals surface area contributed by atoms with Gasteiger partial charge in [0, 0.05) is 13.7 Å². The molecule has 0 radical (unpaired) electrons. The summed E-state index contributed by atoms with van der Waals surface area (Å²) in [5, 5.41) is 13.9. The molecule has 1 aromatic rings. The zero-order valence-electron chi connectivity index (χ0n) is 9.47. The summed E-state index contributed by atoms with van der Waals surface area (Å²) >= 11 is 1.29. The molecule has 90 valence electrons. The first-order valence-corrected chi connectivity index (χ1v) is 6.06. The van der Waals surface area contributed by atoms with Gasteiger partial charge in [-0.3, -0.25) is 9.48 Å². The van der Waals surface area contributed by atoms with Crippen LogP contribution in [0.3, 0.4) is 0 Å². The predicted molar refractivity (Wildman–Crippen MR) is 61.6 cm³/mol. The smallest absolute Gasteiger partial charge is 0.313 e. The molecule has 0 aliphatic heterocycles. The Hall–Kier alpha value is -1.01. The quantitative estimate of drug-likeness (QED) is 0.738. The van der Waals surface area contributed by atoms with E-state index >= 15 is 0 Å². The minimum atomic E-state index is -0.817. The summed E-state index contributed by atoms with van der Waals surface area (Å²) in [6.07, 6.45) is 0.967. The molecular weight excluding hydrogens is 228 g/mol. The van der Waals surface area contributed by atoms with E-state index in [-0.39, 0.29) is 5.75 Å². The van der Waals surface area contributed by atoms with Crippen LogP contribution in [0.15, 0.2) is 11.1 Å². The van der Waals surface area contributed by atoms with Crippen LogP contribution in [0.5, 0.6) is 0 Å². The molecule has 16 heavy (non-hydrogen) atoms. The third kappa shape index (κ3) is 3.86. The topological polar surface area (TPSA) is 64.4 Å². The molecule has 0 amide bonds. The second-order valence-corrected chi connectivity index (χ2v) is 4.31. The molecule has 0 unspecified atom stereocenters. The molecule has 0 atom stereocenters. The molecule has 5 nitrogen and oxygen atoms in total. The molecule has 0 aliphatic carbocycles. The minimum Gasteiger partial charge on any atom is -0.481 e. The van der Waals surface area contributed by atoms with Gasteiger partial charge in [0.05, 0.1) is 23.1 Å². The van der Waals surface area contributed by atoms with Crippen LogP contribution in [-0.4, -0.2) is 33.7 Å². The van der Waals surface area contributed by atoms with Crippen molar-refractivity contribution in [2.24, 2.45) is 0 Å². The van der Waals surface area contributed by atoms with E-state index in [9.17, 15) is 4.79 Å². The van der Waals surface area contributed by atoms with Gasteiger partial charge in [-0.1, -0.05) is 18.7 Å². The Morgan fingerprint density at radius 3 is 3.00 bits per heavy atom. The fourth-order valence-corrected chi connectivity index (χ4v) is 2.06. The van der Waals surface area contributed by atoms with E-state index < -0.39 is 5.97 Å². The highest BCUT2D eigenvalue weighted by atomic mass is 32.2. The lowest BCUT2D eigenvalue weighted by molar-refractivity contribution is -0.133. The van der Waals surface area contributed by atoms with Gasteiger partial charge in [-0.25, -0.2) is 0 Å². The normalized spacial score (nSPS) is 10.6. The van der Waals surface area contributed by atoms with Crippen LogP contribution in [0, 0.1) is 0 Å². The summed E-state index contributed by atoms with van der Waals surface area (Å²) in [7, 11) is 1.61. The molecule has 1 N–H and O–H groups in total. The van der Waals surface area contributed by atoms with Crippen molar-refractivity contribution in [1.82, 2.24) is 9.78 Å². The summed E-state index contributed by atoms with van der Waals surface area (Å²) in [4.78, 5) is 10.5. The number of hydrogen-bond donors (Lipinski definition) is 1. The molecule has 0 fully saturated rings. The highest BCUT2D eigenvalue weighted by Crippen LogP contribution is 2.20. The lowest BCUT2D eigenvalue weighted by Crippen LogP contribution is -2.04. The number of carbonyl (C=O) groups is 1. The van der Waals surface area contributed by atoms with Gasteiger partial charge in [0.25, 0.3) is 0 Å². The van der Waals surface area contributed by atoms with Crippen molar-refractivity contribution in [3.63, 3.8) is 0 Å². The number of carboxylic acids is 1. The summed E-state index contributed by atoms with van der Waals surface area (Å²) in [5.41, 5.74) is 0.837. The van der Waals surface area contributed by atoms with E-state index in [0.717, 1.165) is 23.7 Å². The molecule has 1 rings (SSSR count). The highest BCUT2D eigenvalue weighted by Gasteiger charge is 2.09. The van der Waals surface area contributed by atoms with Crippen molar-refractivity contribution in [1.29, 1.82) is 0 Å². The lowest BCUT2D eigenvalue weighted by atomic mass is 10.5. The number of methoxy groups -OCH3 is 1. The van der Waals surface area contributed by atoms with Crippen LogP contribution in [0.25, 0.3) is 0 Å². The Balaban J connectivity index is 2.73. The number of hydrogen-bond acceptors (Lipinski definition) is 4. The number of rotatable bonds is 7. The molecule has 1 aromatic heterocycles. The molecule has 0 saturated heterocycles. The van der Waals surface area contributed by atoms with Crippen LogP contribution in [0.4, 0.5) is 0 Å². The fraction of sp³-hybridized carbons (Fsp3) is 0.600. The molecule has 1 heterocycles. The van der Waals surface area contributed by atoms with Crippen molar-refractivity contribution in [2.75, 3.05) is 12.9 Å². The van der Waals surface area contributed by atoms with Gasteiger partial charge in [-0.05, 0) is 12.5 Å². The second kappa shape index (κ2) is 6.55. The molecule has 0 spiro atoms. The summed E-state index contributed by atoms with van der Waals surface area (Å²) < 4.78 is 6.83. The van der Waals surface area contributed by atoms with Gasteiger partial charge in [0.1, 0.15) is 0 Å². The Morgan fingerprint density at radius 1 is 1.69 bits per heavy atom. The van der Waals surface area contributed by atoms with Crippen LogP contribution in [-0.2, 0) is 22.7 Å². The first kappa shape index (κ1) is 13.1. The number of aliphatic carboxylic acids is 1. The van der Waals surface area contributed by atoms with Gasteiger partial charge >= 0.3 is 5.97 Å². The Bertz CT molecular complexity index is 352. The molecule has 6 heteroatoms. The number of aromatic nitrogens is 2. The van der Waals surface area contributed by atoms with E-state index in [1.54, 1.807) is 7.11 Å². The van der Waals surface area contributed by atoms with Gasteiger partial charge in [-0.15, -0.1) is 0 Å². The van der Waals surface area contributed by atoms with Crippen molar-refractivity contribution in [3.8, 4) is 0 Å². The van der Waals surface area contributed by atoms with Crippen molar-refractivity contribution in [3.05, 3.63) is 11.8 Å². The number of thioether (sulfide) groups is 1. The molecule has 0 saturated carbocycles. The van der Waals surface area contributed by atoms with Crippen LogP contribution in [0.2, 0.25) is 0 Å². The minimum absolute atomic E-state index is 0.0574. The van der Waals surface area contributed by atoms with Gasteiger partial charge < -0.3 is 9.84 Å². The maximum absolute atomic E-state index is 10.5. The third-order valence-electron chi connectivity index (χ3n) is 1.86.